The molecular formula is C14H17Cl2NO4S. The molecule has 0 radical (unpaired) electrons. The second-order valence-electron chi connectivity index (χ2n) is 5.01. The first-order chi connectivity index (χ1) is 10.4. The number of piperidine rings is 1. The van der Waals surface area contributed by atoms with Crippen LogP contribution in [0.5, 0.6) is 0 Å². The van der Waals surface area contributed by atoms with Crippen LogP contribution in [0.1, 0.15) is 19.8 Å². The van der Waals surface area contributed by atoms with Gasteiger partial charge in [-0.05, 0) is 31.9 Å². The van der Waals surface area contributed by atoms with Gasteiger partial charge in [0.05, 0.1) is 22.6 Å². The minimum absolute atomic E-state index is 0.00225. The zero-order valence-corrected chi connectivity index (χ0v) is 14.4. The van der Waals surface area contributed by atoms with E-state index in [0.29, 0.717) is 19.4 Å². The number of hydrogen-bond donors (Lipinski definition) is 0. The Hall–Kier alpha value is -0.820. The maximum absolute atomic E-state index is 12.7. The summed E-state index contributed by atoms with van der Waals surface area (Å²) >= 11 is 11.9. The van der Waals surface area contributed by atoms with Crippen LogP contribution in [-0.2, 0) is 19.6 Å². The molecule has 1 fully saturated rings. The van der Waals surface area contributed by atoms with Crippen LogP contribution in [0.2, 0.25) is 10.0 Å². The Labute approximate surface area is 140 Å². The summed E-state index contributed by atoms with van der Waals surface area (Å²) in [5, 5.41) is 0.184. The normalized spacial score (nSPS) is 19.9. The average Bonchev–Trinajstić information content (AvgIpc) is 2.50. The monoisotopic (exact) mass is 365 g/mol. The fourth-order valence-corrected chi connectivity index (χ4v) is 4.70. The van der Waals surface area contributed by atoms with Crippen LogP contribution in [-0.4, -0.2) is 38.4 Å². The lowest BCUT2D eigenvalue weighted by Gasteiger charge is -2.30. The highest BCUT2D eigenvalue weighted by Crippen LogP contribution is 2.32. The SMILES string of the molecule is CCOC(=O)[C@H]1CCCN(S(=O)(=O)c2cccc(Cl)c2Cl)C1. The minimum atomic E-state index is -3.79. The van der Waals surface area contributed by atoms with Gasteiger partial charge in [-0.1, -0.05) is 29.3 Å². The summed E-state index contributed by atoms with van der Waals surface area (Å²) in [5.74, 6) is -0.805. The number of carbonyl (C=O) groups is 1. The number of carbonyl (C=O) groups excluding carboxylic acids is 1. The molecule has 1 saturated heterocycles. The van der Waals surface area contributed by atoms with Crippen LogP contribution < -0.4 is 0 Å². The van der Waals surface area contributed by atoms with Gasteiger partial charge in [0.2, 0.25) is 10.0 Å². The molecule has 22 heavy (non-hydrogen) atoms. The molecule has 5 nitrogen and oxygen atoms in total. The second kappa shape index (κ2) is 7.17. The molecule has 1 heterocycles. The van der Waals surface area contributed by atoms with E-state index in [2.05, 4.69) is 0 Å². The Kier molecular flexibility index (Phi) is 5.71. The summed E-state index contributed by atoms with van der Waals surface area (Å²) in [4.78, 5) is 11.8. The van der Waals surface area contributed by atoms with E-state index >= 15 is 0 Å². The van der Waals surface area contributed by atoms with Gasteiger partial charge in [-0.3, -0.25) is 4.79 Å². The number of esters is 1. The lowest BCUT2D eigenvalue weighted by molar-refractivity contribution is -0.149. The summed E-state index contributed by atoms with van der Waals surface area (Å²) in [6.45, 7) is 2.45. The summed E-state index contributed by atoms with van der Waals surface area (Å²) < 4.78 is 31.7. The van der Waals surface area contributed by atoms with Crippen LogP contribution in [0.25, 0.3) is 0 Å². The molecule has 0 bridgehead atoms. The van der Waals surface area contributed by atoms with Gasteiger partial charge in [0.15, 0.2) is 0 Å². The quantitative estimate of drug-likeness (QED) is 0.769. The molecular weight excluding hydrogens is 349 g/mol. The fraction of sp³-hybridized carbons (Fsp3) is 0.500. The lowest BCUT2D eigenvalue weighted by atomic mass is 10.0. The van der Waals surface area contributed by atoms with Gasteiger partial charge in [0.25, 0.3) is 0 Å². The molecule has 0 N–H and O–H groups in total. The van der Waals surface area contributed by atoms with Gasteiger partial charge in [-0.25, -0.2) is 8.42 Å². The first-order valence-electron chi connectivity index (χ1n) is 6.98. The lowest BCUT2D eigenvalue weighted by Crippen LogP contribution is -2.42. The van der Waals surface area contributed by atoms with Gasteiger partial charge in [-0.15, -0.1) is 0 Å². The van der Waals surface area contributed by atoms with E-state index in [0.717, 1.165) is 0 Å². The molecule has 0 saturated carbocycles. The van der Waals surface area contributed by atoms with Crippen LogP contribution >= 0.6 is 23.2 Å². The van der Waals surface area contributed by atoms with Crippen molar-refractivity contribution in [3.63, 3.8) is 0 Å². The molecule has 8 heteroatoms. The molecule has 1 atom stereocenters. The minimum Gasteiger partial charge on any atom is -0.466 e. The fourth-order valence-electron chi connectivity index (χ4n) is 2.44. The van der Waals surface area contributed by atoms with Crippen LogP contribution in [0, 0.1) is 5.92 Å². The second-order valence-corrected chi connectivity index (χ2v) is 7.70. The maximum Gasteiger partial charge on any atom is 0.310 e. The van der Waals surface area contributed by atoms with Crippen molar-refractivity contribution in [1.82, 2.24) is 4.31 Å². The molecule has 0 spiro atoms. The van der Waals surface area contributed by atoms with Crippen LogP contribution in [0.15, 0.2) is 23.1 Å². The molecule has 0 aromatic heterocycles. The highest BCUT2D eigenvalue weighted by molar-refractivity contribution is 7.89. The number of ether oxygens (including phenoxy) is 1. The van der Waals surface area contributed by atoms with E-state index in [4.69, 9.17) is 27.9 Å². The maximum atomic E-state index is 12.7. The third-order valence-corrected chi connectivity index (χ3v) is 6.38. The average molecular weight is 366 g/mol. The van der Waals surface area contributed by atoms with Crippen molar-refractivity contribution in [2.75, 3.05) is 19.7 Å². The van der Waals surface area contributed by atoms with E-state index < -0.39 is 15.9 Å². The molecule has 0 amide bonds. The van der Waals surface area contributed by atoms with Gasteiger partial charge in [-0.2, -0.15) is 4.31 Å². The molecule has 122 valence electrons. The topological polar surface area (TPSA) is 63.7 Å². The molecule has 2 rings (SSSR count). The summed E-state index contributed by atoms with van der Waals surface area (Å²) in [5.41, 5.74) is 0. The van der Waals surface area contributed by atoms with Gasteiger partial charge in [0.1, 0.15) is 4.90 Å². The molecule has 0 aliphatic carbocycles. The summed E-state index contributed by atoms with van der Waals surface area (Å²) in [6, 6.07) is 4.48. The number of halogens is 2. The summed E-state index contributed by atoms with van der Waals surface area (Å²) in [6.07, 6.45) is 1.22. The number of benzene rings is 1. The Morgan fingerprint density at radius 3 is 2.82 bits per heavy atom. The number of sulfonamides is 1. The van der Waals surface area contributed by atoms with Crippen molar-refractivity contribution >= 4 is 39.2 Å². The van der Waals surface area contributed by atoms with Crippen molar-refractivity contribution < 1.29 is 17.9 Å². The van der Waals surface area contributed by atoms with Crippen molar-refractivity contribution in [2.45, 2.75) is 24.7 Å². The largest absolute Gasteiger partial charge is 0.466 e. The smallest absolute Gasteiger partial charge is 0.310 e. The molecule has 0 unspecified atom stereocenters. The number of nitrogens with zero attached hydrogens (tertiary/aromatic N) is 1. The standard InChI is InChI=1S/C14H17Cl2NO4S/c1-2-21-14(18)10-5-4-8-17(9-10)22(19,20)12-7-3-6-11(15)13(12)16/h3,6-7,10H,2,4-5,8-9H2,1H3/t10-/m0/s1. The van der Waals surface area contributed by atoms with Crippen molar-refractivity contribution in [1.29, 1.82) is 0 Å². The van der Waals surface area contributed by atoms with E-state index in [-0.39, 0.29) is 34.1 Å². The van der Waals surface area contributed by atoms with E-state index in [1.807, 2.05) is 0 Å². The number of rotatable bonds is 4. The Bertz CT molecular complexity index is 663. The van der Waals surface area contributed by atoms with E-state index in [1.54, 1.807) is 6.92 Å². The predicted octanol–water partition coefficient (Wildman–Crippen LogP) is 2.96. The first-order valence-corrected chi connectivity index (χ1v) is 9.18. The highest BCUT2D eigenvalue weighted by Gasteiger charge is 2.35. The predicted molar refractivity (Wildman–Crippen MR) is 84.6 cm³/mol. The van der Waals surface area contributed by atoms with Crippen LogP contribution in [0.3, 0.4) is 0 Å². The first kappa shape index (κ1) is 17.5. The Morgan fingerprint density at radius 1 is 1.41 bits per heavy atom. The van der Waals surface area contributed by atoms with E-state index in [9.17, 15) is 13.2 Å². The van der Waals surface area contributed by atoms with Crippen LogP contribution in [0.4, 0.5) is 0 Å². The third-order valence-electron chi connectivity index (χ3n) is 3.54. The Morgan fingerprint density at radius 2 is 2.14 bits per heavy atom. The molecule has 1 aromatic carbocycles. The summed E-state index contributed by atoms with van der Waals surface area (Å²) in [7, 11) is -3.79. The highest BCUT2D eigenvalue weighted by atomic mass is 35.5. The van der Waals surface area contributed by atoms with Crippen molar-refractivity contribution in [3.05, 3.63) is 28.2 Å². The molecule has 1 aliphatic heterocycles. The van der Waals surface area contributed by atoms with Crippen molar-refractivity contribution in [3.8, 4) is 0 Å². The Balaban J connectivity index is 2.26. The van der Waals surface area contributed by atoms with Gasteiger partial charge < -0.3 is 4.74 Å². The third kappa shape index (κ3) is 3.56. The number of hydrogen-bond acceptors (Lipinski definition) is 4. The molecule has 1 aliphatic rings. The molecule has 1 aromatic rings. The van der Waals surface area contributed by atoms with Gasteiger partial charge in [0, 0.05) is 13.1 Å². The zero-order valence-electron chi connectivity index (χ0n) is 12.1. The van der Waals surface area contributed by atoms with E-state index in [1.165, 1.54) is 22.5 Å². The zero-order chi connectivity index (χ0) is 16.3. The van der Waals surface area contributed by atoms with Crippen molar-refractivity contribution in [2.24, 2.45) is 5.92 Å². The van der Waals surface area contributed by atoms with Gasteiger partial charge >= 0.3 is 5.97 Å².